The maximum atomic E-state index is 5.17. The van der Waals surface area contributed by atoms with Crippen LogP contribution in [0.1, 0.15) is 11.4 Å². The van der Waals surface area contributed by atoms with Gasteiger partial charge >= 0.3 is 0 Å². The number of hydrogen-bond donors (Lipinski definition) is 1. The molecule has 4 nitrogen and oxygen atoms in total. The summed E-state index contributed by atoms with van der Waals surface area (Å²) in [4.78, 5) is 0. The first-order valence-electron chi connectivity index (χ1n) is 4.94. The van der Waals surface area contributed by atoms with E-state index in [2.05, 4.69) is 10.2 Å². The van der Waals surface area contributed by atoms with Crippen LogP contribution in [0, 0.1) is 4.77 Å². The molecular formula is C11H13N3OS. The zero-order valence-corrected chi connectivity index (χ0v) is 10.0. The third-order valence-corrected chi connectivity index (χ3v) is 2.83. The van der Waals surface area contributed by atoms with Crippen molar-refractivity contribution in [3.8, 4) is 5.75 Å². The lowest BCUT2D eigenvalue weighted by Gasteiger charge is -2.03. The number of aromatic amines is 1. The topological polar surface area (TPSA) is 42.8 Å². The molecule has 0 fully saturated rings. The van der Waals surface area contributed by atoms with Crippen LogP contribution in [-0.4, -0.2) is 21.9 Å². The predicted molar refractivity (Wildman–Crippen MR) is 64.2 cm³/mol. The molecule has 0 aliphatic carbocycles. The van der Waals surface area contributed by atoms with Crippen molar-refractivity contribution in [3.63, 3.8) is 0 Å². The largest absolute Gasteiger partial charge is 0.497 e. The molecule has 1 aromatic heterocycles. The summed E-state index contributed by atoms with van der Waals surface area (Å²) >= 11 is 5.06. The molecule has 1 heterocycles. The Hall–Kier alpha value is -1.62. The van der Waals surface area contributed by atoms with Gasteiger partial charge < -0.3 is 9.30 Å². The van der Waals surface area contributed by atoms with E-state index in [4.69, 9.17) is 17.0 Å². The van der Waals surface area contributed by atoms with Crippen LogP contribution in [0.4, 0.5) is 0 Å². The van der Waals surface area contributed by atoms with Gasteiger partial charge in [0, 0.05) is 13.5 Å². The average Bonchev–Trinajstić information content (AvgIpc) is 2.61. The molecule has 0 radical (unpaired) electrons. The Morgan fingerprint density at radius 3 is 2.94 bits per heavy atom. The normalized spacial score (nSPS) is 10.4. The number of aromatic nitrogens is 3. The molecule has 1 N–H and O–H groups in total. The SMILES string of the molecule is COc1cccc(Cc2n[nH]c(=S)n2C)c1. The van der Waals surface area contributed by atoms with Gasteiger partial charge in [0.1, 0.15) is 11.6 Å². The van der Waals surface area contributed by atoms with Gasteiger partial charge in [-0.25, -0.2) is 0 Å². The van der Waals surface area contributed by atoms with Gasteiger partial charge in [-0.1, -0.05) is 12.1 Å². The monoisotopic (exact) mass is 235 g/mol. The van der Waals surface area contributed by atoms with Crippen LogP contribution in [0.3, 0.4) is 0 Å². The van der Waals surface area contributed by atoms with Crippen molar-refractivity contribution in [2.75, 3.05) is 7.11 Å². The second-order valence-electron chi connectivity index (χ2n) is 3.53. The number of ether oxygens (including phenoxy) is 1. The summed E-state index contributed by atoms with van der Waals surface area (Å²) in [6, 6.07) is 7.93. The first-order valence-corrected chi connectivity index (χ1v) is 5.34. The summed E-state index contributed by atoms with van der Waals surface area (Å²) in [6.45, 7) is 0. The highest BCUT2D eigenvalue weighted by Crippen LogP contribution is 2.14. The van der Waals surface area contributed by atoms with Gasteiger partial charge in [0.2, 0.25) is 0 Å². The number of hydrogen-bond acceptors (Lipinski definition) is 3. The van der Waals surface area contributed by atoms with E-state index in [0.717, 1.165) is 23.6 Å². The van der Waals surface area contributed by atoms with Crippen LogP contribution >= 0.6 is 12.2 Å². The molecule has 0 unspecified atom stereocenters. The van der Waals surface area contributed by atoms with E-state index in [1.54, 1.807) is 7.11 Å². The van der Waals surface area contributed by atoms with E-state index in [0.29, 0.717) is 4.77 Å². The van der Waals surface area contributed by atoms with E-state index in [1.165, 1.54) is 0 Å². The summed E-state index contributed by atoms with van der Waals surface area (Å²) in [5, 5.41) is 6.94. The Morgan fingerprint density at radius 1 is 1.50 bits per heavy atom. The number of nitrogens with zero attached hydrogens (tertiary/aromatic N) is 2. The highest BCUT2D eigenvalue weighted by atomic mass is 32.1. The lowest BCUT2D eigenvalue weighted by molar-refractivity contribution is 0.414. The highest BCUT2D eigenvalue weighted by Gasteiger charge is 2.04. The fraction of sp³-hybridized carbons (Fsp3) is 0.273. The van der Waals surface area contributed by atoms with Crippen molar-refractivity contribution in [2.45, 2.75) is 6.42 Å². The fourth-order valence-corrected chi connectivity index (χ4v) is 1.65. The minimum absolute atomic E-state index is 0.637. The zero-order valence-electron chi connectivity index (χ0n) is 9.23. The number of benzene rings is 1. The van der Waals surface area contributed by atoms with Crippen LogP contribution < -0.4 is 4.74 Å². The first-order chi connectivity index (χ1) is 7.70. The third-order valence-electron chi connectivity index (χ3n) is 2.47. The summed E-state index contributed by atoms with van der Waals surface area (Å²) in [6.07, 6.45) is 0.737. The second-order valence-corrected chi connectivity index (χ2v) is 3.92. The van der Waals surface area contributed by atoms with Crippen LogP contribution in [0.2, 0.25) is 0 Å². The van der Waals surface area contributed by atoms with Gasteiger partial charge in [-0.3, -0.25) is 5.10 Å². The molecule has 1 aromatic carbocycles. The lowest BCUT2D eigenvalue weighted by Crippen LogP contribution is -1.99. The number of rotatable bonds is 3. The zero-order chi connectivity index (χ0) is 11.5. The van der Waals surface area contributed by atoms with Crippen LogP contribution in [0.15, 0.2) is 24.3 Å². The molecule has 0 amide bonds. The standard InChI is InChI=1S/C11H13N3OS/c1-14-10(12-13-11(14)16)7-8-4-3-5-9(6-8)15-2/h3-6H,7H2,1-2H3,(H,13,16). The lowest BCUT2D eigenvalue weighted by atomic mass is 10.1. The number of methoxy groups -OCH3 is 1. The predicted octanol–water partition coefficient (Wildman–Crippen LogP) is 2.08. The van der Waals surface area contributed by atoms with Crippen molar-refractivity contribution in [1.82, 2.24) is 14.8 Å². The van der Waals surface area contributed by atoms with Gasteiger partial charge in [0.15, 0.2) is 4.77 Å². The molecule has 84 valence electrons. The molecular weight excluding hydrogens is 222 g/mol. The van der Waals surface area contributed by atoms with Crippen molar-refractivity contribution in [1.29, 1.82) is 0 Å². The van der Waals surface area contributed by atoms with Crippen molar-refractivity contribution in [2.24, 2.45) is 7.05 Å². The van der Waals surface area contributed by atoms with E-state index < -0.39 is 0 Å². The summed E-state index contributed by atoms with van der Waals surface area (Å²) in [7, 11) is 3.57. The van der Waals surface area contributed by atoms with E-state index in [-0.39, 0.29) is 0 Å². The quantitative estimate of drug-likeness (QED) is 0.828. The summed E-state index contributed by atoms with van der Waals surface area (Å²) < 4.78 is 7.68. The minimum atomic E-state index is 0.637. The number of H-pyrrole nitrogens is 1. The minimum Gasteiger partial charge on any atom is -0.497 e. The molecule has 5 heteroatoms. The molecule has 0 atom stereocenters. The Bertz CT molecular complexity index is 544. The molecule has 2 rings (SSSR count). The maximum absolute atomic E-state index is 5.17. The van der Waals surface area contributed by atoms with E-state index in [1.807, 2.05) is 35.9 Å². The molecule has 0 saturated heterocycles. The third kappa shape index (κ3) is 2.14. The molecule has 0 aliphatic heterocycles. The van der Waals surface area contributed by atoms with E-state index in [9.17, 15) is 0 Å². The van der Waals surface area contributed by atoms with E-state index >= 15 is 0 Å². The number of nitrogens with one attached hydrogen (secondary N) is 1. The van der Waals surface area contributed by atoms with Crippen LogP contribution in [0.25, 0.3) is 0 Å². The van der Waals surface area contributed by atoms with Gasteiger partial charge in [0.05, 0.1) is 7.11 Å². The first kappa shape index (κ1) is 10.9. The second kappa shape index (κ2) is 4.49. The van der Waals surface area contributed by atoms with Crippen molar-refractivity contribution >= 4 is 12.2 Å². The average molecular weight is 235 g/mol. The molecule has 0 saturated carbocycles. The smallest absolute Gasteiger partial charge is 0.194 e. The van der Waals surface area contributed by atoms with Gasteiger partial charge in [0.25, 0.3) is 0 Å². The molecule has 0 bridgehead atoms. The van der Waals surface area contributed by atoms with Crippen LogP contribution in [0.5, 0.6) is 5.75 Å². The Labute approximate surface area is 98.9 Å². The highest BCUT2D eigenvalue weighted by molar-refractivity contribution is 7.71. The fourth-order valence-electron chi connectivity index (χ4n) is 1.50. The summed E-state index contributed by atoms with van der Waals surface area (Å²) in [5.41, 5.74) is 1.15. The van der Waals surface area contributed by atoms with Gasteiger partial charge in [-0.15, -0.1) is 0 Å². The van der Waals surface area contributed by atoms with Crippen LogP contribution in [-0.2, 0) is 13.5 Å². The Balaban J connectivity index is 2.26. The van der Waals surface area contributed by atoms with Gasteiger partial charge in [-0.05, 0) is 29.9 Å². The molecule has 2 aromatic rings. The molecule has 0 spiro atoms. The molecule has 0 aliphatic rings. The van der Waals surface area contributed by atoms with Crippen molar-refractivity contribution < 1.29 is 4.74 Å². The van der Waals surface area contributed by atoms with Crippen molar-refractivity contribution in [3.05, 3.63) is 40.4 Å². The maximum Gasteiger partial charge on any atom is 0.194 e. The summed E-state index contributed by atoms with van der Waals surface area (Å²) in [5.74, 6) is 1.77. The van der Waals surface area contributed by atoms with Gasteiger partial charge in [-0.2, -0.15) is 5.10 Å². The Morgan fingerprint density at radius 2 is 2.31 bits per heavy atom. The Kier molecular flexibility index (Phi) is 3.05. The molecule has 16 heavy (non-hydrogen) atoms.